The van der Waals surface area contributed by atoms with E-state index in [0.717, 1.165) is 16.5 Å². The van der Waals surface area contributed by atoms with Crippen LogP contribution in [0.15, 0.2) is 22.7 Å². The second kappa shape index (κ2) is 3.61. The van der Waals surface area contributed by atoms with Gasteiger partial charge in [0.05, 0.1) is 0 Å². The molecule has 0 saturated heterocycles. The Balaban J connectivity index is 2.39. The second-order valence-corrected chi connectivity index (χ2v) is 4.87. The molecule has 15 heavy (non-hydrogen) atoms. The lowest BCUT2D eigenvalue weighted by atomic mass is 9.79. The van der Waals surface area contributed by atoms with Crippen molar-refractivity contribution in [3.05, 3.63) is 33.8 Å². The van der Waals surface area contributed by atoms with Crippen molar-refractivity contribution in [1.82, 2.24) is 0 Å². The summed E-state index contributed by atoms with van der Waals surface area (Å²) in [5, 5.41) is 9.06. The molecule has 80 valence electrons. The standard InChI is InChI=1S/C11H12BrNO2/c12-9-3-1-2-7-6-11(13,10(14)15)5-4-8(7)9/h1-3H,4-6,13H2,(H,14,15)/t11-/m1/s1. The van der Waals surface area contributed by atoms with Gasteiger partial charge in [-0.1, -0.05) is 28.1 Å². The lowest BCUT2D eigenvalue weighted by Gasteiger charge is -2.31. The Kier molecular flexibility index (Phi) is 2.56. The van der Waals surface area contributed by atoms with Crippen LogP contribution in [0.2, 0.25) is 0 Å². The minimum Gasteiger partial charge on any atom is -0.480 e. The Labute approximate surface area is 96.4 Å². The molecule has 0 heterocycles. The summed E-state index contributed by atoms with van der Waals surface area (Å²) in [5.41, 5.74) is 7.00. The highest BCUT2D eigenvalue weighted by atomic mass is 79.9. The predicted octanol–water partition coefficient (Wildman–Crippen LogP) is 1.72. The highest BCUT2D eigenvalue weighted by molar-refractivity contribution is 9.10. The molecule has 0 saturated carbocycles. The number of carboxylic acid groups (broad SMARTS) is 1. The van der Waals surface area contributed by atoms with Gasteiger partial charge in [-0.25, -0.2) is 0 Å². The minimum absolute atomic E-state index is 0.414. The summed E-state index contributed by atoms with van der Waals surface area (Å²) in [7, 11) is 0. The van der Waals surface area contributed by atoms with Crippen molar-refractivity contribution in [2.45, 2.75) is 24.8 Å². The van der Waals surface area contributed by atoms with Crippen molar-refractivity contribution in [1.29, 1.82) is 0 Å². The molecule has 0 aromatic heterocycles. The molecule has 1 aliphatic carbocycles. The maximum atomic E-state index is 11.0. The first-order valence-electron chi connectivity index (χ1n) is 4.81. The van der Waals surface area contributed by atoms with E-state index in [1.807, 2.05) is 18.2 Å². The van der Waals surface area contributed by atoms with E-state index in [1.165, 1.54) is 5.56 Å². The molecule has 0 aliphatic heterocycles. The first kappa shape index (κ1) is 10.6. The van der Waals surface area contributed by atoms with Gasteiger partial charge in [0.2, 0.25) is 0 Å². The summed E-state index contributed by atoms with van der Waals surface area (Å²) in [5.74, 6) is -0.909. The highest BCUT2D eigenvalue weighted by Gasteiger charge is 2.37. The van der Waals surface area contributed by atoms with Crippen LogP contribution < -0.4 is 5.73 Å². The third kappa shape index (κ3) is 1.79. The monoisotopic (exact) mass is 269 g/mol. The molecule has 2 rings (SSSR count). The molecular weight excluding hydrogens is 258 g/mol. The Morgan fingerprint density at radius 1 is 1.53 bits per heavy atom. The number of benzene rings is 1. The summed E-state index contributed by atoms with van der Waals surface area (Å²) >= 11 is 3.47. The number of aliphatic carboxylic acids is 1. The first-order valence-corrected chi connectivity index (χ1v) is 5.61. The van der Waals surface area contributed by atoms with Gasteiger partial charge >= 0.3 is 5.97 Å². The quantitative estimate of drug-likeness (QED) is 0.816. The number of hydrogen-bond donors (Lipinski definition) is 2. The second-order valence-electron chi connectivity index (χ2n) is 4.02. The van der Waals surface area contributed by atoms with Gasteiger partial charge < -0.3 is 10.8 Å². The molecule has 1 atom stereocenters. The zero-order valence-corrected chi connectivity index (χ0v) is 9.75. The molecular formula is C11H12BrNO2. The largest absolute Gasteiger partial charge is 0.480 e. The van der Waals surface area contributed by atoms with Crippen LogP contribution in [0.25, 0.3) is 0 Å². The van der Waals surface area contributed by atoms with Crippen molar-refractivity contribution in [3.63, 3.8) is 0 Å². The molecule has 0 amide bonds. The van der Waals surface area contributed by atoms with Gasteiger partial charge in [-0.3, -0.25) is 4.79 Å². The summed E-state index contributed by atoms with van der Waals surface area (Å²) in [6, 6.07) is 5.84. The Morgan fingerprint density at radius 2 is 2.27 bits per heavy atom. The van der Waals surface area contributed by atoms with Gasteiger partial charge in [0, 0.05) is 10.9 Å². The number of rotatable bonds is 1. The summed E-state index contributed by atoms with van der Waals surface area (Å²) in [4.78, 5) is 11.0. The number of halogens is 1. The minimum atomic E-state index is -1.09. The third-order valence-corrected chi connectivity index (χ3v) is 3.71. The van der Waals surface area contributed by atoms with Crippen molar-refractivity contribution < 1.29 is 9.90 Å². The molecule has 3 N–H and O–H groups in total. The van der Waals surface area contributed by atoms with E-state index in [-0.39, 0.29) is 0 Å². The topological polar surface area (TPSA) is 63.3 Å². The molecule has 0 fully saturated rings. The van der Waals surface area contributed by atoms with E-state index >= 15 is 0 Å². The summed E-state index contributed by atoms with van der Waals surface area (Å²) in [6.07, 6.45) is 1.63. The van der Waals surface area contributed by atoms with E-state index in [1.54, 1.807) is 0 Å². The van der Waals surface area contributed by atoms with Gasteiger partial charge in [0.15, 0.2) is 0 Å². The van der Waals surface area contributed by atoms with E-state index in [0.29, 0.717) is 12.8 Å². The van der Waals surface area contributed by atoms with Crippen LogP contribution in [0.4, 0.5) is 0 Å². The first-order chi connectivity index (χ1) is 7.03. The van der Waals surface area contributed by atoms with Gasteiger partial charge in [-0.05, 0) is 30.0 Å². The maximum Gasteiger partial charge on any atom is 0.324 e. The van der Waals surface area contributed by atoms with E-state index in [9.17, 15) is 4.79 Å². The van der Waals surface area contributed by atoms with Crippen LogP contribution in [-0.4, -0.2) is 16.6 Å². The molecule has 1 aromatic rings. The Morgan fingerprint density at radius 3 is 2.93 bits per heavy atom. The smallest absolute Gasteiger partial charge is 0.324 e. The van der Waals surface area contributed by atoms with Crippen LogP contribution in [0.1, 0.15) is 17.5 Å². The van der Waals surface area contributed by atoms with Crippen molar-refractivity contribution in [2.75, 3.05) is 0 Å². The van der Waals surface area contributed by atoms with E-state index in [4.69, 9.17) is 10.8 Å². The molecule has 0 radical (unpaired) electrons. The van der Waals surface area contributed by atoms with Gasteiger partial charge in [-0.2, -0.15) is 0 Å². The van der Waals surface area contributed by atoms with Crippen LogP contribution in [0, 0.1) is 0 Å². The van der Waals surface area contributed by atoms with Crippen LogP contribution in [0.3, 0.4) is 0 Å². The molecule has 0 bridgehead atoms. The van der Waals surface area contributed by atoms with Crippen LogP contribution >= 0.6 is 15.9 Å². The van der Waals surface area contributed by atoms with Gasteiger partial charge in [0.1, 0.15) is 5.54 Å². The van der Waals surface area contributed by atoms with Crippen molar-refractivity contribution in [2.24, 2.45) is 5.73 Å². The predicted molar refractivity (Wildman–Crippen MR) is 60.7 cm³/mol. The van der Waals surface area contributed by atoms with Gasteiger partial charge in [0.25, 0.3) is 0 Å². The molecule has 0 spiro atoms. The van der Waals surface area contributed by atoms with Gasteiger partial charge in [-0.15, -0.1) is 0 Å². The summed E-state index contributed by atoms with van der Waals surface area (Å²) in [6.45, 7) is 0. The SMILES string of the molecule is N[C@]1(C(=O)O)CCc2c(Br)cccc2C1. The van der Waals surface area contributed by atoms with Crippen LogP contribution in [0.5, 0.6) is 0 Å². The molecule has 0 unspecified atom stereocenters. The zero-order valence-electron chi connectivity index (χ0n) is 8.16. The third-order valence-electron chi connectivity index (χ3n) is 2.97. The fourth-order valence-electron chi connectivity index (χ4n) is 2.01. The molecule has 1 aromatic carbocycles. The Bertz CT molecular complexity index is 419. The number of hydrogen-bond acceptors (Lipinski definition) is 2. The highest BCUT2D eigenvalue weighted by Crippen LogP contribution is 2.31. The number of fused-ring (bicyclic) bond motifs is 1. The zero-order chi connectivity index (χ0) is 11.1. The van der Waals surface area contributed by atoms with Crippen molar-refractivity contribution in [3.8, 4) is 0 Å². The average molecular weight is 270 g/mol. The van der Waals surface area contributed by atoms with Crippen molar-refractivity contribution >= 4 is 21.9 Å². The van der Waals surface area contributed by atoms with E-state index in [2.05, 4.69) is 15.9 Å². The normalized spacial score (nSPS) is 24.7. The molecule has 1 aliphatic rings. The lowest BCUT2D eigenvalue weighted by molar-refractivity contribution is -0.143. The fourth-order valence-corrected chi connectivity index (χ4v) is 2.61. The number of carboxylic acids is 1. The average Bonchev–Trinajstić information content (AvgIpc) is 2.17. The lowest BCUT2D eigenvalue weighted by Crippen LogP contribution is -2.52. The van der Waals surface area contributed by atoms with E-state index < -0.39 is 11.5 Å². The molecule has 4 heteroatoms. The number of carbonyl (C=O) groups is 1. The fraction of sp³-hybridized carbons (Fsp3) is 0.364. The Hall–Kier alpha value is -0.870. The van der Waals surface area contributed by atoms with Crippen LogP contribution in [-0.2, 0) is 17.6 Å². The number of nitrogens with two attached hydrogens (primary N) is 1. The maximum absolute atomic E-state index is 11.0. The molecule has 3 nitrogen and oxygen atoms in total. The summed E-state index contributed by atoms with van der Waals surface area (Å²) < 4.78 is 1.05.